The highest BCUT2D eigenvalue weighted by Crippen LogP contribution is 2.50. The number of nitrogens with zero attached hydrogens (tertiary/aromatic N) is 2. The van der Waals surface area contributed by atoms with Crippen LogP contribution in [0.2, 0.25) is 0 Å². The number of hydrogen-bond donors (Lipinski definition) is 1. The molecule has 0 radical (unpaired) electrons. The van der Waals surface area contributed by atoms with Gasteiger partial charge in [0.05, 0.1) is 18.7 Å². The Hall–Kier alpha value is -2.60. The molecule has 1 aliphatic carbocycles. The van der Waals surface area contributed by atoms with Crippen molar-refractivity contribution in [2.24, 2.45) is 11.3 Å². The molecule has 0 unspecified atom stereocenters. The van der Waals surface area contributed by atoms with E-state index in [0.717, 1.165) is 91.7 Å². The molecule has 4 aliphatic rings. The molecule has 0 aromatic heterocycles. The second kappa shape index (κ2) is 10.5. The lowest BCUT2D eigenvalue weighted by atomic mass is 9.68. The molecule has 0 saturated carbocycles. The quantitative estimate of drug-likeness (QED) is 0.386. The van der Waals surface area contributed by atoms with Crippen LogP contribution < -0.4 is 4.74 Å². The Bertz CT molecular complexity index is 1180. The van der Waals surface area contributed by atoms with Gasteiger partial charge < -0.3 is 14.7 Å². The van der Waals surface area contributed by atoms with Gasteiger partial charge in [-0.15, -0.1) is 0 Å². The third kappa shape index (κ3) is 4.92. The number of benzene rings is 2. The molecule has 2 aromatic carbocycles. The van der Waals surface area contributed by atoms with Crippen molar-refractivity contribution in [2.45, 2.75) is 85.2 Å². The number of carbonyl (C=O) groups is 1. The maximum absolute atomic E-state index is 16.0. The molecule has 5 nitrogen and oxygen atoms in total. The molecule has 3 aliphatic heterocycles. The maximum Gasteiger partial charge on any atom is 0.408 e. The van der Waals surface area contributed by atoms with E-state index in [-0.39, 0.29) is 23.3 Å². The van der Waals surface area contributed by atoms with Crippen molar-refractivity contribution in [3.8, 4) is 16.9 Å². The van der Waals surface area contributed by atoms with E-state index in [1.807, 2.05) is 32.0 Å². The van der Waals surface area contributed by atoms with Crippen LogP contribution in [0.15, 0.2) is 24.3 Å². The van der Waals surface area contributed by atoms with E-state index in [9.17, 15) is 9.90 Å². The molecule has 1 N–H and O–H groups in total. The lowest BCUT2D eigenvalue weighted by Crippen LogP contribution is -2.61. The summed E-state index contributed by atoms with van der Waals surface area (Å²) in [5.74, 6) is 0.978. The first-order valence-electron chi connectivity index (χ1n) is 14.4. The number of amides is 1. The van der Waals surface area contributed by atoms with Gasteiger partial charge in [-0.05, 0) is 122 Å². The summed E-state index contributed by atoms with van der Waals surface area (Å²) >= 11 is 0. The number of ether oxygens (including phenoxy) is 1. The minimum absolute atomic E-state index is 0.0430. The van der Waals surface area contributed by atoms with Crippen LogP contribution in [-0.2, 0) is 6.42 Å². The summed E-state index contributed by atoms with van der Waals surface area (Å²) in [6.45, 7) is 14.0. The summed E-state index contributed by atoms with van der Waals surface area (Å²) in [5.41, 5.74) is 5.07. The molecule has 3 fully saturated rings. The molecule has 2 aromatic rings. The van der Waals surface area contributed by atoms with E-state index >= 15 is 4.39 Å². The minimum Gasteiger partial charge on any atom is -0.493 e. The van der Waals surface area contributed by atoms with E-state index in [2.05, 4.69) is 25.7 Å². The summed E-state index contributed by atoms with van der Waals surface area (Å²) in [4.78, 5) is 17.0. The Kier molecular flexibility index (Phi) is 7.47. The third-order valence-electron chi connectivity index (χ3n) is 9.30. The third-order valence-corrected chi connectivity index (χ3v) is 9.30. The van der Waals surface area contributed by atoms with Crippen LogP contribution in [0.3, 0.4) is 0 Å². The molecule has 206 valence electrons. The van der Waals surface area contributed by atoms with E-state index in [4.69, 9.17) is 4.74 Å². The molecular weight excluding hydrogens is 479 g/mol. The van der Waals surface area contributed by atoms with Crippen molar-refractivity contribution < 1.29 is 19.0 Å². The van der Waals surface area contributed by atoms with Gasteiger partial charge in [0, 0.05) is 12.1 Å². The normalized spacial score (nSPS) is 25.6. The number of rotatable bonds is 7. The summed E-state index contributed by atoms with van der Waals surface area (Å²) in [6.07, 6.45) is 4.96. The van der Waals surface area contributed by atoms with Crippen LogP contribution in [0.25, 0.3) is 11.1 Å². The molecule has 3 saturated heterocycles. The second-order valence-electron chi connectivity index (χ2n) is 12.5. The fourth-order valence-corrected chi connectivity index (χ4v) is 7.21. The minimum atomic E-state index is -0.885. The fraction of sp³-hybridized carbons (Fsp3) is 0.594. The summed E-state index contributed by atoms with van der Waals surface area (Å²) < 4.78 is 22.0. The van der Waals surface area contributed by atoms with Gasteiger partial charge in [0.15, 0.2) is 0 Å². The first kappa shape index (κ1) is 27.0. The number of unbranched alkanes of at least 4 members (excludes halogenated alkanes) is 1. The van der Waals surface area contributed by atoms with Gasteiger partial charge in [-0.2, -0.15) is 0 Å². The van der Waals surface area contributed by atoms with E-state index in [1.54, 1.807) is 11.0 Å². The van der Waals surface area contributed by atoms with Crippen LogP contribution in [0.4, 0.5) is 9.18 Å². The van der Waals surface area contributed by atoms with Crippen molar-refractivity contribution in [1.82, 2.24) is 9.80 Å². The van der Waals surface area contributed by atoms with Crippen molar-refractivity contribution in [2.75, 3.05) is 26.2 Å². The van der Waals surface area contributed by atoms with Gasteiger partial charge in [-0.3, -0.25) is 4.90 Å². The van der Waals surface area contributed by atoms with Gasteiger partial charge in [0.25, 0.3) is 0 Å². The number of carboxylic acid groups (broad SMARTS) is 1. The average molecular weight is 523 g/mol. The van der Waals surface area contributed by atoms with Crippen LogP contribution in [0.5, 0.6) is 5.75 Å². The lowest BCUT2D eigenvalue weighted by molar-refractivity contribution is -0.0353. The highest BCUT2D eigenvalue weighted by atomic mass is 19.1. The van der Waals surface area contributed by atoms with Crippen LogP contribution in [-0.4, -0.2) is 53.3 Å². The Morgan fingerprint density at radius 1 is 1.16 bits per heavy atom. The average Bonchev–Trinajstić information content (AvgIpc) is 2.87. The first-order chi connectivity index (χ1) is 18.1. The zero-order valence-corrected chi connectivity index (χ0v) is 23.6. The smallest absolute Gasteiger partial charge is 0.408 e. The van der Waals surface area contributed by atoms with Crippen LogP contribution >= 0.6 is 0 Å². The molecule has 2 atom stereocenters. The molecule has 2 bridgehead atoms. The van der Waals surface area contributed by atoms with Crippen molar-refractivity contribution >= 4 is 6.09 Å². The van der Waals surface area contributed by atoms with Gasteiger partial charge in [0.2, 0.25) is 0 Å². The number of piperidine rings is 3. The first-order valence-corrected chi connectivity index (χ1v) is 14.4. The summed E-state index contributed by atoms with van der Waals surface area (Å²) in [6, 6.07) is 7.24. The van der Waals surface area contributed by atoms with E-state index in [1.165, 1.54) is 0 Å². The molecule has 6 rings (SSSR count). The monoisotopic (exact) mass is 522 g/mol. The zero-order chi connectivity index (χ0) is 27.2. The second-order valence-corrected chi connectivity index (χ2v) is 12.5. The summed E-state index contributed by atoms with van der Waals surface area (Å²) in [5, 5.41) is 10.5. The molecule has 0 spiro atoms. The van der Waals surface area contributed by atoms with Crippen molar-refractivity contribution in [3.05, 3.63) is 52.3 Å². The fourth-order valence-electron chi connectivity index (χ4n) is 7.21. The van der Waals surface area contributed by atoms with Crippen LogP contribution in [0, 0.1) is 31.0 Å². The number of halogens is 1. The van der Waals surface area contributed by atoms with E-state index in [0.29, 0.717) is 18.1 Å². The Labute approximate surface area is 227 Å². The standard InChI is InChI=1S/C32H43FN2O3/c1-6-7-14-38-29-20(2)15-24(16-21(29)3)25-17-23-8-11-32(4,5)30(26(23)18-27(25)33)35(31(36)37)28-19-34-12-9-22(28)10-13-34/h15-18,22,28,30H,6-14,19H2,1-5H3,(H,36,37)/t28-,30+/m1/s1. The van der Waals surface area contributed by atoms with Crippen molar-refractivity contribution in [1.29, 1.82) is 0 Å². The highest BCUT2D eigenvalue weighted by Gasteiger charge is 2.48. The summed E-state index contributed by atoms with van der Waals surface area (Å²) in [7, 11) is 0. The van der Waals surface area contributed by atoms with Crippen LogP contribution in [0.1, 0.15) is 81.2 Å². The maximum atomic E-state index is 16.0. The molecule has 3 heterocycles. The van der Waals surface area contributed by atoms with Gasteiger partial charge in [-0.25, -0.2) is 9.18 Å². The van der Waals surface area contributed by atoms with Gasteiger partial charge >= 0.3 is 6.09 Å². The predicted molar refractivity (Wildman–Crippen MR) is 149 cm³/mol. The molecule has 6 heteroatoms. The number of aryl methyl sites for hydroxylation is 3. The number of fused-ring (bicyclic) bond motifs is 4. The topological polar surface area (TPSA) is 53.0 Å². The lowest BCUT2D eigenvalue weighted by Gasteiger charge is -2.54. The van der Waals surface area contributed by atoms with E-state index < -0.39 is 6.09 Å². The Morgan fingerprint density at radius 2 is 1.84 bits per heavy atom. The SMILES string of the molecule is CCCCOc1c(C)cc(-c2cc3c(cc2F)[C@H](N(C(=O)O)[C@@H]2CN4CCC2CC4)C(C)(C)CC3)cc1C. The molecule has 1 amide bonds. The molecular formula is C32H43FN2O3. The van der Waals surface area contributed by atoms with Gasteiger partial charge in [-0.1, -0.05) is 27.2 Å². The highest BCUT2D eigenvalue weighted by molar-refractivity contribution is 5.71. The predicted octanol–water partition coefficient (Wildman–Crippen LogP) is 7.38. The molecule has 38 heavy (non-hydrogen) atoms. The Morgan fingerprint density at radius 3 is 2.42 bits per heavy atom. The Balaban J connectivity index is 1.53. The van der Waals surface area contributed by atoms with Crippen molar-refractivity contribution in [3.63, 3.8) is 0 Å². The van der Waals surface area contributed by atoms with Gasteiger partial charge in [0.1, 0.15) is 11.6 Å². The zero-order valence-electron chi connectivity index (χ0n) is 23.6. The largest absolute Gasteiger partial charge is 0.493 e. The number of hydrogen-bond acceptors (Lipinski definition) is 3.